The molecule has 0 fully saturated rings. The minimum absolute atomic E-state index is 0.765. The molecule has 0 spiro atoms. The van der Waals surface area contributed by atoms with E-state index in [9.17, 15) is 0 Å². The van der Waals surface area contributed by atoms with Crippen molar-refractivity contribution in [3.8, 4) is 11.1 Å². The van der Waals surface area contributed by atoms with Crippen molar-refractivity contribution in [3.05, 3.63) is 84.4 Å². The molecule has 0 atom stereocenters. The van der Waals surface area contributed by atoms with Gasteiger partial charge in [-0.3, -0.25) is 0 Å². The van der Waals surface area contributed by atoms with Gasteiger partial charge in [0.1, 0.15) is 5.82 Å². The molecule has 0 unspecified atom stereocenters. The zero-order valence-corrected chi connectivity index (χ0v) is 10.5. The van der Waals surface area contributed by atoms with Crippen LogP contribution in [0.25, 0.3) is 11.1 Å². The fourth-order valence-corrected chi connectivity index (χ4v) is 2.10. The van der Waals surface area contributed by atoms with E-state index in [2.05, 4.69) is 58.5 Å². The minimum Gasteiger partial charge on any atom is -0.241 e. The third kappa shape index (κ3) is 2.86. The predicted molar refractivity (Wildman–Crippen MR) is 76.7 cm³/mol. The van der Waals surface area contributed by atoms with Gasteiger partial charge in [0, 0.05) is 18.8 Å². The zero-order valence-electron chi connectivity index (χ0n) is 10.5. The van der Waals surface area contributed by atoms with Gasteiger partial charge in [0.05, 0.1) is 0 Å². The Morgan fingerprint density at radius 3 is 2.21 bits per heavy atom. The van der Waals surface area contributed by atoms with E-state index in [0.717, 1.165) is 12.2 Å². The van der Waals surface area contributed by atoms with E-state index in [-0.39, 0.29) is 0 Å². The topological polar surface area (TPSA) is 25.8 Å². The molecular weight excluding hydrogens is 232 g/mol. The van der Waals surface area contributed by atoms with Crippen molar-refractivity contribution < 1.29 is 0 Å². The van der Waals surface area contributed by atoms with Crippen molar-refractivity contribution in [2.45, 2.75) is 6.42 Å². The summed E-state index contributed by atoms with van der Waals surface area (Å²) in [7, 11) is 0. The van der Waals surface area contributed by atoms with Crippen LogP contribution in [0.2, 0.25) is 0 Å². The summed E-state index contributed by atoms with van der Waals surface area (Å²) < 4.78 is 0. The molecule has 1 heterocycles. The first-order valence-corrected chi connectivity index (χ1v) is 6.32. The second-order valence-corrected chi connectivity index (χ2v) is 4.41. The molecule has 0 radical (unpaired) electrons. The Morgan fingerprint density at radius 1 is 0.684 bits per heavy atom. The molecule has 0 aliphatic rings. The number of hydrogen-bond donors (Lipinski definition) is 0. The molecule has 3 rings (SSSR count). The van der Waals surface area contributed by atoms with Crippen molar-refractivity contribution in [1.29, 1.82) is 0 Å². The van der Waals surface area contributed by atoms with Crippen LogP contribution in [0, 0.1) is 0 Å². The second kappa shape index (κ2) is 5.44. The lowest BCUT2D eigenvalue weighted by Gasteiger charge is -2.05. The van der Waals surface area contributed by atoms with Crippen LogP contribution in [-0.2, 0) is 6.42 Å². The Hall–Kier alpha value is -2.48. The minimum atomic E-state index is 0.765. The summed E-state index contributed by atoms with van der Waals surface area (Å²) >= 11 is 0. The Labute approximate surface area is 112 Å². The molecule has 92 valence electrons. The number of rotatable bonds is 3. The van der Waals surface area contributed by atoms with E-state index in [1.165, 1.54) is 16.7 Å². The van der Waals surface area contributed by atoms with Crippen LogP contribution in [0.4, 0.5) is 0 Å². The summed E-state index contributed by atoms with van der Waals surface area (Å²) in [6, 6.07) is 20.8. The lowest BCUT2D eigenvalue weighted by Crippen LogP contribution is -1.95. The van der Waals surface area contributed by atoms with Crippen molar-refractivity contribution >= 4 is 0 Å². The maximum atomic E-state index is 4.27. The summed E-state index contributed by atoms with van der Waals surface area (Å²) in [6.07, 6.45) is 4.33. The molecule has 1 aromatic heterocycles. The third-order valence-corrected chi connectivity index (χ3v) is 3.02. The van der Waals surface area contributed by atoms with Crippen LogP contribution in [0.15, 0.2) is 73.1 Å². The van der Waals surface area contributed by atoms with Gasteiger partial charge >= 0.3 is 0 Å². The molecule has 2 heteroatoms. The van der Waals surface area contributed by atoms with E-state index in [0.29, 0.717) is 0 Å². The fourth-order valence-electron chi connectivity index (χ4n) is 2.10. The highest BCUT2D eigenvalue weighted by molar-refractivity contribution is 5.64. The molecule has 2 nitrogen and oxygen atoms in total. The van der Waals surface area contributed by atoms with E-state index in [1.54, 1.807) is 12.4 Å². The summed E-state index contributed by atoms with van der Waals surface area (Å²) in [5, 5.41) is 0. The quantitative estimate of drug-likeness (QED) is 0.703. The number of hydrogen-bond acceptors (Lipinski definition) is 2. The van der Waals surface area contributed by atoms with Crippen LogP contribution in [0.3, 0.4) is 0 Å². The van der Waals surface area contributed by atoms with Gasteiger partial charge in [0.25, 0.3) is 0 Å². The molecule has 0 aliphatic carbocycles. The lowest BCUT2D eigenvalue weighted by atomic mass is 10.0. The molecule has 2 aromatic carbocycles. The molecule has 0 amide bonds. The summed E-state index contributed by atoms with van der Waals surface area (Å²) in [4.78, 5) is 8.53. The van der Waals surface area contributed by atoms with Gasteiger partial charge in [-0.15, -0.1) is 0 Å². The number of aromatic nitrogens is 2. The van der Waals surface area contributed by atoms with Crippen LogP contribution in [0.5, 0.6) is 0 Å². The zero-order chi connectivity index (χ0) is 12.9. The summed E-state index contributed by atoms with van der Waals surface area (Å²) in [5.41, 5.74) is 3.69. The fraction of sp³-hybridized carbons (Fsp3) is 0.0588. The van der Waals surface area contributed by atoms with Gasteiger partial charge in [-0.2, -0.15) is 0 Å². The van der Waals surface area contributed by atoms with Crippen molar-refractivity contribution in [1.82, 2.24) is 9.97 Å². The van der Waals surface area contributed by atoms with Gasteiger partial charge < -0.3 is 0 Å². The van der Waals surface area contributed by atoms with Gasteiger partial charge in [0.2, 0.25) is 0 Å². The Morgan fingerprint density at radius 2 is 1.42 bits per heavy atom. The second-order valence-electron chi connectivity index (χ2n) is 4.41. The van der Waals surface area contributed by atoms with Crippen LogP contribution in [-0.4, -0.2) is 9.97 Å². The van der Waals surface area contributed by atoms with E-state index < -0.39 is 0 Å². The SMILES string of the molecule is c1ccc(-c2cccc(Cc3ncccn3)c2)cc1. The third-order valence-electron chi connectivity index (χ3n) is 3.02. The van der Waals surface area contributed by atoms with Crippen molar-refractivity contribution in [3.63, 3.8) is 0 Å². The first-order chi connectivity index (χ1) is 9.42. The lowest BCUT2D eigenvalue weighted by molar-refractivity contribution is 0.968. The first kappa shape index (κ1) is 11.6. The number of benzene rings is 2. The molecule has 0 saturated heterocycles. The van der Waals surface area contributed by atoms with Gasteiger partial charge in [-0.1, -0.05) is 54.6 Å². The van der Waals surface area contributed by atoms with E-state index >= 15 is 0 Å². The van der Waals surface area contributed by atoms with Gasteiger partial charge in [-0.05, 0) is 22.8 Å². The van der Waals surface area contributed by atoms with Crippen LogP contribution in [0.1, 0.15) is 11.4 Å². The average Bonchev–Trinajstić information content (AvgIpc) is 2.49. The largest absolute Gasteiger partial charge is 0.241 e. The van der Waals surface area contributed by atoms with Crippen molar-refractivity contribution in [2.75, 3.05) is 0 Å². The monoisotopic (exact) mass is 246 g/mol. The molecule has 19 heavy (non-hydrogen) atoms. The average molecular weight is 246 g/mol. The molecule has 0 saturated carbocycles. The smallest absolute Gasteiger partial charge is 0.132 e. The first-order valence-electron chi connectivity index (χ1n) is 6.32. The highest BCUT2D eigenvalue weighted by Gasteiger charge is 2.01. The Balaban J connectivity index is 1.89. The maximum Gasteiger partial charge on any atom is 0.132 e. The normalized spacial score (nSPS) is 10.3. The van der Waals surface area contributed by atoms with Crippen molar-refractivity contribution in [2.24, 2.45) is 0 Å². The molecule has 0 bridgehead atoms. The van der Waals surface area contributed by atoms with Gasteiger partial charge in [-0.25, -0.2) is 9.97 Å². The summed E-state index contributed by atoms with van der Waals surface area (Å²) in [6.45, 7) is 0. The Bertz CT molecular complexity index is 648. The number of nitrogens with zero attached hydrogens (tertiary/aromatic N) is 2. The maximum absolute atomic E-state index is 4.27. The van der Waals surface area contributed by atoms with E-state index in [1.807, 2.05) is 12.1 Å². The van der Waals surface area contributed by atoms with Crippen LogP contribution < -0.4 is 0 Å². The standard InChI is InChI=1S/C17H14N2/c1-2-7-15(8-3-1)16-9-4-6-14(12-16)13-17-18-10-5-11-19-17/h1-12H,13H2. The molecular formula is C17H14N2. The molecule has 0 aliphatic heterocycles. The van der Waals surface area contributed by atoms with Crippen LogP contribution >= 0.6 is 0 Å². The molecule has 3 aromatic rings. The predicted octanol–water partition coefficient (Wildman–Crippen LogP) is 3.73. The van der Waals surface area contributed by atoms with E-state index in [4.69, 9.17) is 0 Å². The summed E-state index contributed by atoms with van der Waals surface area (Å²) in [5.74, 6) is 0.854. The molecule has 0 N–H and O–H groups in total. The highest BCUT2D eigenvalue weighted by atomic mass is 14.8. The highest BCUT2D eigenvalue weighted by Crippen LogP contribution is 2.20. The Kier molecular flexibility index (Phi) is 3.32. The van der Waals surface area contributed by atoms with Gasteiger partial charge in [0.15, 0.2) is 0 Å².